The zero-order chi connectivity index (χ0) is 16.5. The van der Waals surface area contributed by atoms with Gasteiger partial charge < -0.3 is 9.47 Å². The summed E-state index contributed by atoms with van der Waals surface area (Å²) in [6.45, 7) is 0. The number of carbonyl (C=O) groups excluding carboxylic acids is 2. The molecular formula is C14H8N6O4. The molecule has 0 amide bonds. The van der Waals surface area contributed by atoms with E-state index in [-0.39, 0.29) is 11.5 Å². The number of carbonyl (C=O) groups is 2. The molecule has 0 aliphatic rings. The molecule has 0 spiro atoms. The highest BCUT2D eigenvalue weighted by atomic mass is 16.6. The fourth-order valence-corrected chi connectivity index (χ4v) is 2.14. The Balaban J connectivity index is 1.55. The highest BCUT2D eigenvalue weighted by Gasteiger charge is 2.22. The van der Waals surface area contributed by atoms with Crippen LogP contribution in [-0.4, -0.2) is 42.8 Å². The van der Waals surface area contributed by atoms with Gasteiger partial charge in [-0.2, -0.15) is 0 Å². The Morgan fingerprint density at radius 3 is 1.67 bits per heavy atom. The number of nitrogens with one attached hydrogen (secondary N) is 2. The third kappa shape index (κ3) is 2.31. The van der Waals surface area contributed by atoms with Crippen LogP contribution in [0, 0.1) is 0 Å². The van der Waals surface area contributed by atoms with Crippen molar-refractivity contribution in [3.8, 4) is 11.5 Å². The third-order valence-electron chi connectivity index (χ3n) is 3.21. The summed E-state index contributed by atoms with van der Waals surface area (Å²) < 4.78 is 10.1. The number of rotatable bonds is 2. The molecule has 24 heavy (non-hydrogen) atoms. The van der Waals surface area contributed by atoms with E-state index >= 15 is 0 Å². The molecule has 0 fully saturated rings. The maximum Gasteiger partial charge on any atom is 0.423 e. The van der Waals surface area contributed by atoms with E-state index in [2.05, 4.69) is 30.8 Å². The highest BCUT2D eigenvalue weighted by molar-refractivity contribution is 6.31. The van der Waals surface area contributed by atoms with Crippen LogP contribution < -0.4 is 9.47 Å². The van der Waals surface area contributed by atoms with Gasteiger partial charge in [0, 0.05) is 0 Å². The van der Waals surface area contributed by atoms with Gasteiger partial charge >= 0.3 is 11.9 Å². The average molecular weight is 324 g/mol. The predicted molar refractivity (Wildman–Crippen MR) is 79.0 cm³/mol. The fourth-order valence-electron chi connectivity index (χ4n) is 2.14. The van der Waals surface area contributed by atoms with E-state index < -0.39 is 11.9 Å². The molecule has 0 bridgehead atoms. The van der Waals surface area contributed by atoms with Crippen molar-refractivity contribution in [3.63, 3.8) is 0 Å². The van der Waals surface area contributed by atoms with Gasteiger partial charge in [0.2, 0.25) is 0 Å². The Morgan fingerprint density at radius 1 is 0.750 bits per heavy atom. The van der Waals surface area contributed by atoms with Gasteiger partial charge in [-0.25, -0.2) is 9.59 Å². The van der Waals surface area contributed by atoms with E-state index in [4.69, 9.17) is 9.47 Å². The number of hydrogen-bond acceptors (Lipinski definition) is 8. The van der Waals surface area contributed by atoms with Gasteiger partial charge in [-0.1, -0.05) is 22.6 Å². The highest BCUT2D eigenvalue weighted by Crippen LogP contribution is 2.23. The molecule has 0 radical (unpaired) electrons. The van der Waals surface area contributed by atoms with E-state index in [0.717, 1.165) is 0 Å². The van der Waals surface area contributed by atoms with Crippen LogP contribution >= 0.6 is 0 Å². The molecule has 0 unspecified atom stereocenters. The van der Waals surface area contributed by atoms with Gasteiger partial charge in [-0.15, -0.1) is 10.2 Å². The molecular weight excluding hydrogens is 316 g/mol. The molecule has 0 saturated heterocycles. The molecule has 2 N–H and O–H groups in total. The summed E-state index contributed by atoms with van der Waals surface area (Å²) in [6.07, 6.45) is 0. The lowest BCUT2D eigenvalue weighted by atomic mass is 10.3. The monoisotopic (exact) mass is 324 g/mol. The normalized spacial score (nSPS) is 10.8. The quantitative estimate of drug-likeness (QED) is 0.313. The number of nitrogens with zero attached hydrogens (tertiary/aromatic N) is 4. The lowest BCUT2D eigenvalue weighted by Crippen LogP contribution is -2.25. The number of ether oxygens (including phenoxy) is 2. The molecule has 0 atom stereocenters. The molecule has 2 heterocycles. The van der Waals surface area contributed by atoms with Crippen molar-refractivity contribution in [3.05, 3.63) is 36.4 Å². The van der Waals surface area contributed by atoms with Crippen molar-refractivity contribution in [2.24, 2.45) is 0 Å². The van der Waals surface area contributed by atoms with Crippen LogP contribution in [-0.2, 0) is 9.59 Å². The first-order valence-corrected chi connectivity index (χ1v) is 6.76. The number of aromatic amines is 2. The summed E-state index contributed by atoms with van der Waals surface area (Å²) >= 11 is 0. The minimum absolute atomic E-state index is 0.0999. The van der Waals surface area contributed by atoms with Gasteiger partial charge in [0.05, 0.1) is 11.0 Å². The van der Waals surface area contributed by atoms with E-state index in [9.17, 15) is 9.59 Å². The van der Waals surface area contributed by atoms with E-state index in [0.29, 0.717) is 22.1 Å². The summed E-state index contributed by atoms with van der Waals surface area (Å²) in [7, 11) is 0. The number of hydrogen-bond donors (Lipinski definition) is 2. The topological polar surface area (TPSA) is 136 Å². The van der Waals surface area contributed by atoms with Crippen molar-refractivity contribution in [2.75, 3.05) is 0 Å². The number of H-pyrrole nitrogens is 2. The zero-order valence-electron chi connectivity index (χ0n) is 11.9. The smallest absolute Gasteiger partial charge is 0.416 e. The zero-order valence-corrected chi connectivity index (χ0v) is 11.9. The number of fused-ring (bicyclic) bond motifs is 2. The number of esters is 2. The SMILES string of the molecule is O=C(Oc1cccc2[nH]nnc12)C(=O)Oc1cccc2[nH]nnc12. The lowest BCUT2D eigenvalue weighted by Gasteiger charge is -2.05. The van der Waals surface area contributed by atoms with Crippen LogP contribution in [0.2, 0.25) is 0 Å². The summed E-state index contributed by atoms with van der Waals surface area (Å²) in [4.78, 5) is 23.9. The van der Waals surface area contributed by atoms with E-state index in [1.165, 1.54) is 12.1 Å². The summed E-state index contributed by atoms with van der Waals surface area (Å²) in [5.41, 5.74) is 1.80. The molecule has 2 aromatic heterocycles. The van der Waals surface area contributed by atoms with Crippen molar-refractivity contribution >= 4 is 34.0 Å². The second-order valence-electron chi connectivity index (χ2n) is 4.71. The largest absolute Gasteiger partial charge is 0.423 e. The van der Waals surface area contributed by atoms with Crippen LogP contribution in [0.5, 0.6) is 11.5 Å². The van der Waals surface area contributed by atoms with Crippen molar-refractivity contribution < 1.29 is 19.1 Å². The first-order chi connectivity index (χ1) is 11.7. The molecule has 118 valence electrons. The Kier molecular flexibility index (Phi) is 3.12. The van der Waals surface area contributed by atoms with Crippen molar-refractivity contribution in [1.29, 1.82) is 0 Å². The maximum absolute atomic E-state index is 12.0. The van der Waals surface area contributed by atoms with Crippen LogP contribution in [0.4, 0.5) is 0 Å². The summed E-state index contributed by atoms with van der Waals surface area (Å²) in [6, 6.07) is 9.66. The molecule has 2 aromatic carbocycles. The molecule has 10 nitrogen and oxygen atoms in total. The fraction of sp³-hybridized carbons (Fsp3) is 0. The Hall–Kier alpha value is -3.82. The maximum atomic E-state index is 12.0. The van der Waals surface area contributed by atoms with Gasteiger partial charge in [-0.3, -0.25) is 10.2 Å². The minimum Gasteiger partial charge on any atom is -0.416 e. The minimum atomic E-state index is -1.19. The molecule has 0 saturated carbocycles. The molecule has 0 aliphatic carbocycles. The number of benzene rings is 2. The van der Waals surface area contributed by atoms with Crippen molar-refractivity contribution in [1.82, 2.24) is 30.8 Å². The van der Waals surface area contributed by atoms with E-state index in [1.807, 2.05) is 0 Å². The Bertz CT molecular complexity index is 983. The second kappa shape index (κ2) is 5.43. The Labute approximate surface area is 132 Å². The third-order valence-corrected chi connectivity index (χ3v) is 3.21. The summed E-state index contributed by atoms with van der Waals surface area (Å²) in [5.74, 6) is -2.18. The van der Waals surface area contributed by atoms with Crippen LogP contribution in [0.15, 0.2) is 36.4 Å². The predicted octanol–water partition coefficient (Wildman–Crippen LogP) is 0.740. The average Bonchev–Trinajstić information content (AvgIpc) is 3.24. The van der Waals surface area contributed by atoms with Gasteiger partial charge in [0.25, 0.3) is 0 Å². The lowest BCUT2D eigenvalue weighted by molar-refractivity contribution is -0.156. The molecule has 4 rings (SSSR count). The van der Waals surface area contributed by atoms with Crippen LogP contribution in [0.25, 0.3) is 22.1 Å². The molecule has 10 heteroatoms. The molecule has 4 aromatic rings. The van der Waals surface area contributed by atoms with E-state index in [1.54, 1.807) is 24.3 Å². The first-order valence-electron chi connectivity index (χ1n) is 6.76. The van der Waals surface area contributed by atoms with Crippen LogP contribution in [0.1, 0.15) is 0 Å². The first kappa shape index (κ1) is 13.8. The number of aromatic nitrogens is 6. The summed E-state index contributed by atoms with van der Waals surface area (Å²) in [5, 5.41) is 20.1. The standard InChI is InChI=1S/C14H8N6O4/c21-13(23-9-5-1-3-7-11(9)17-19-15-7)14(22)24-10-6-2-4-8-12(10)18-20-16-8/h1-6H,(H,15,17,19)(H,16,18,20). The molecule has 0 aliphatic heterocycles. The second-order valence-corrected chi connectivity index (χ2v) is 4.71. The van der Waals surface area contributed by atoms with Crippen LogP contribution in [0.3, 0.4) is 0 Å². The van der Waals surface area contributed by atoms with Gasteiger partial charge in [0.15, 0.2) is 22.5 Å². The Morgan fingerprint density at radius 2 is 1.21 bits per heavy atom. The van der Waals surface area contributed by atoms with Crippen molar-refractivity contribution in [2.45, 2.75) is 0 Å². The van der Waals surface area contributed by atoms with Gasteiger partial charge in [0.1, 0.15) is 0 Å². The van der Waals surface area contributed by atoms with Gasteiger partial charge in [-0.05, 0) is 24.3 Å².